The lowest BCUT2D eigenvalue weighted by molar-refractivity contribution is -0.116. The Hall–Kier alpha value is -2.69. The van der Waals surface area contributed by atoms with Crippen molar-refractivity contribution in [2.24, 2.45) is 0 Å². The number of carbonyl (C=O) groups excluding carboxylic acids is 1. The molecule has 3 nitrogen and oxygen atoms in total. The van der Waals surface area contributed by atoms with Gasteiger partial charge in [-0.1, -0.05) is 54.1 Å². The van der Waals surface area contributed by atoms with Crippen LogP contribution in [0.1, 0.15) is 23.6 Å². The fourth-order valence-corrected chi connectivity index (χ4v) is 4.60. The normalized spacial score (nSPS) is 13.8. The number of halogens is 1. The Kier molecular flexibility index (Phi) is 5.39. The number of carbonyl (C=O) groups is 1. The summed E-state index contributed by atoms with van der Waals surface area (Å²) >= 11 is 6.16. The standard InChI is InChI=1S/C24H20ClNO2S/c1-16(27)26-15-20-13-18(22-5-3-4-6-24(22)29(2)28)9-7-17(20)8-10-19-14-21(25)11-12-23(19)26/h3-14H,15H2,1-2H3. The van der Waals surface area contributed by atoms with E-state index in [2.05, 4.69) is 12.1 Å². The van der Waals surface area contributed by atoms with Crippen molar-refractivity contribution < 1.29 is 9.00 Å². The van der Waals surface area contributed by atoms with Gasteiger partial charge in [0, 0.05) is 23.1 Å². The maximum Gasteiger partial charge on any atom is 0.224 e. The molecule has 0 fully saturated rings. The number of amides is 1. The number of hydrogen-bond donors (Lipinski definition) is 0. The van der Waals surface area contributed by atoms with Crippen LogP contribution in [0.15, 0.2) is 65.6 Å². The predicted octanol–water partition coefficient (Wildman–Crippen LogP) is 5.78. The number of fused-ring (bicyclic) bond motifs is 2. The van der Waals surface area contributed by atoms with Gasteiger partial charge in [0.25, 0.3) is 0 Å². The summed E-state index contributed by atoms with van der Waals surface area (Å²) in [4.78, 5) is 15.0. The first-order valence-electron chi connectivity index (χ1n) is 9.25. The molecule has 5 heteroatoms. The lowest BCUT2D eigenvalue weighted by atomic mass is 9.96. The molecule has 1 atom stereocenters. The topological polar surface area (TPSA) is 37.4 Å². The highest BCUT2D eigenvalue weighted by molar-refractivity contribution is 7.84. The monoisotopic (exact) mass is 421 g/mol. The van der Waals surface area contributed by atoms with Crippen LogP contribution in [-0.4, -0.2) is 16.4 Å². The third-order valence-corrected chi connectivity index (χ3v) is 6.29. The second kappa shape index (κ2) is 7.97. The van der Waals surface area contributed by atoms with Crippen molar-refractivity contribution in [2.45, 2.75) is 18.4 Å². The molecule has 1 aliphatic heterocycles. The highest BCUT2D eigenvalue weighted by atomic mass is 35.5. The molecule has 0 saturated heterocycles. The van der Waals surface area contributed by atoms with Crippen molar-refractivity contribution in [3.63, 3.8) is 0 Å². The molecule has 4 rings (SSSR count). The minimum atomic E-state index is -1.09. The minimum absolute atomic E-state index is 0.0321. The van der Waals surface area contributed by atoms with Crippen LogP contribution in [0.5, 0.6) is 0 Å². The summed E-state index contributed by atoms with van der Waals surface area (Å²) in [5, 5.41) is 0.636. The second-order valence-electron chi connectivity index (χ2n) is 7.01. The molecule has 3 aromatic carbocycles. The van der Waals surface area contributed by atoms with E-state index in [9.17, 15) is 9.00 Å². The lowest BCUT2D eigenvalue weighted by Gasteiger charge is -2.26. The summed E-state index contributed by atoms with van der Waals surface area (Å²) < 4.78 is 12.2. The van der Waals surface area contributed by atoms with Crippen molar-refractivity contribution in [3.8, 4) is 11.1 Å². The predicted molar refractivity (Wildman–Crippen MR) is 121 cm³/mol. The zero-order chi connectivity index (χ0) is 20.5. The van der Waals surface area contributed by atoms with Gasteiger partial charge >= 0.3 is 0 Å². The van der Waals surface area contributed by atoms with Crippen molar-refractivity contribution in [1.29, 1.82) is 0 Å². The Labute approximate surface area is 178 Å². The molecule has 1 aliphatic rings. The van der Waals surface area contributed by atoms with Gasteiger partial charge < -0.3 is 4.90 Å². The number of anilines is 1. The molecule has 0 radical (unpaired) electrons. The summed E-state index contributed by atoms with van der Waals surface area (Å²) in [5.74, 6) is -0.0321. The Morgan fingerprint density at radius 3 is 2.52 bits per heavy atom. The van der Waals surface area contributed by atoms with Gasteiger partial charge in [-0.15, -0.1) is 0 Å². The van der Waals surface area contributed by atoms with Crippen molar-refractivity contribution >= 4 is 46.1 Å². The van der Waals surface area contributed by atoms with Crippen LogP contribution in [0.2, 0.25) is 5.02 Å². The molecule has 0 aliphatic carbocycles. The summed E-state index contributed by atoms with van der Waals surface area (Å²) in [5.41, 5.74) is 5.76. The Balaban J connectivity index is 1.86. The molecule has 1 heterocycles. The third-order valence-electron chi connectivity index (χ3n) is 5.08. The average Bonchev–Trinajstić information content (AvgIpc) is 2.69. The molecule has 0 saturated carbocycles. The summed E-state index contributed by atoms with van der Waals surface area (Å²) in [7, 11) is -1.09. The Morgan fingerprint density at radius 1 is 1.00 bits per heavy atom. The van der Waals surface area contributed by atoms with Crippen LogP contribution in [0.4, 0.5) is 5.69 Å². The molecule has 1 amide bonds. The largest absolute Gasteiger partial charge is 0.308 e. The number of benzene rings is 3. The van der Waals surface area contributed by atoms with Crippen molar-refractivity contribution in [1.82, 2.24) is 0 Å². The van der Waals surface area contributed by atoms with Gasteiger partial charge in [0.15, 0.2) is 0 Å². The highest BCUT2D eigenvalue weighted by Crippen LogP contribution is 2.33. The maximum absolute atomic E-state index is 12.4. The van der Waals surface area contributed by atoms with E-state index in [1.807, 2.05) is 54.6 Å². The number of hydrogen-bond acceptors (Lipinski definition) is 2. The van der Waals surface area contributed by atoms with E-state index in [0.29, 0.717) is 11.6 Å². The van der Waals surface area contributed by atoms with Crippen LogP contribution >= 0.6 is 11.6 Å². The van der Waals surface area contributed by atoms with Gasteiger partial charge in [0.1, 0.15) is 0 Å². The molecule has 0 aromatic heterocycles. The maximum atomic E-state index is 12.4. The van der Waals surface area contributed by atoms with Gasteiger partial charge in [-0.05, 0) is 58.1 Å². The smallest absolute Gasteiger partial charge is 0.224 e. The Bertz CT molecular complexity index is 1170. The van der Waals surface area contributed by atoms with Crippen LogP contribution < -0.4 is 4.90 Å². The molecular formula is C24H20ClNO2S. The first kappa shape index (κ1) is 19.6. The average molecular weight is 422 g/mol. The Morgan fingerprint density at radius 2 is 1.76 bits per heavy atom. The summed E-state index contributed by atoms with van der Waals surface area (Å²) in [6.45, 7) is 2.03. The third kappa shape index (κ3) is 3.91. The van der Waals surface area contributed by atoms with Gasteiger partial charge in [0.05, 0.1) is 23.0 Å². The van der Waals surface area contributed by atoms with E-state index in [0.717, 1.165) is 38.4 Å². The minimum Gasteiger partial charge on any atom is -0.308 e. The SMILES string of the molecule is CC(=O)N1Cc2cc(-c3ccccc3S(C)=O)ccc2C=Cc2cc(Cl)ccc21. The fourth-order valence-electron chi connectivity index (χ4n) is 3.65. The number of rotatable bonds is 2. The van der Waals surface area contributed by atoms with E-state index in [-0.39, 0.29) is 5.91 Å². The van der Waals surface area contributed by atoms with E-state index >= 15 is 0 Å². The molecule has 0 bridgehead atoms. The van der Waals surface area contributed by atoms with Gasteiger partial charge in [-0.3, -0.25) is 9.00 Å². The molecular weight excluding hydrogens is 402 g/mol. The van der Waals surface area contributed by atoms with Crippen LogP contribution in [0, 0.1) is 0 Å². The van der Waals surface area contributed by atoms with Gasteiger partial charge in [-0.2, -0.15) is 0 Å². The highest BCUT2D eigenvalue weighted by Gasteiger charge is 2.19. The van der Waals surface area contributed by atoms with Crippen molar-refractivity contribution in [3.05, 3.63) is 82.4 Å². The van der Waals surface area contributed by atoms with E-state index in [4.69, 9.17) is 11.6 Å². The zero-order valence-electron chi connectivity index (χ0n) is 16.2. The number of nitrogens with zero attached hydrogens (tertiary/aromatic N) is 1. The van der Waals surface area contributed by atoms with Gasteiger partial charge in [0.2, 0.25) is 5.91 Å². The quantitative estimate of drug-likeness (QED) is 0.525. The van der Waals surface area contributed by atoms with Crippen LogP contribution in [0.25, 0.3) is 23.3 Å². The molecule has 0 N–H and O–H groups in total. The first-order chi connectivity index (χ1) is 13.9. The molecule has 0 spiro atoms. The second-order valence-corrected chi connectivity index (χ2v) is 8.79. The first-order valence-corrected chi connectivity index (χ1v) is 11.2. The zero-order valence-corrected chi connectivity index (χ0v) is 17.8. The molecule has 146 valence electrons. The molecule has 1 unspecified atom stereocenters. The van der Waals surface area contributed by atoms with Crippen LogP contribution in [0.3, 0.4) is 0 Å². The van der Waals surface area contributed by atoms with E-state index in [1.54, 1.807) is 24.1 Å². The fraction of sp³-hybridized carbons (Fsp3) is 0.125. The van der Waals surface area contributed by atoms with E-state index < -0.39 is 10.8 Å². The lowest BCUT2D eigenvalue weighted by Crippen LogP contribution is -2.29. The van der Waals surface area contributed by atoms with E-state index in [1.165, 1.54) is 0 Å². The van der Waals surface area contributed by atoms with Crippen LogP contribution in [-0.2, 0) is 22.1 Å². The summed E-state index contributed by atoms with van der Waals surface area (Å²) in [6, 6.07) is 19.4. The summed E-state index contributed by atoms with van der Waals surface area (Å²) in [6.07, 6.45) is 5.73. The molecule has 29 heavy (non-hydrogen) atoms. The van der Waals surface area contributed by atoms with Crippen molar-refractivity contribution in [2.75, 3.05) is 11.2 Å². The van der Waals surface area contributed by atoms with Gasteiger partial charge in [-0.25, -0.2) is 0 Å². The molecule has 3 aromatic rings.